The molecule has 2 aromatic rings. The molecule has 2 heterocycles. The summed E-state index contributed by atoms with van der Waals surface area (Å²) in [5, 5.41) is 5.59. The predicted molar refractivity (Wildman–Crippen MR) is 140 cm³/mol. The summed E-state index contributed by atoms with van der Waals surface area (Å²) in [5.41, 5.74) is 2.11. The number of hydrogen-bond donors (Lipinski definition) is 2. The van der Waals surface area contributed by atoms with Crippen LogP contribution >= 0.6 is 0 Å². The monoisotopic (exact) mass is 497 g/mol. The molecule has 0 aliphatic carbocycles. The highest BCUT2D eigenvalue weighted by atomic mass is 16.5. The summed E-state index contributed by atoms with van der Waals surface area (Å²) < 4.78 is 12.0. The molecule has 3 atom stereocenters. The molecule has 9 heteroatoms. The molecule has 0 bridgehead atoms. The van der Waals surface area contributed by atoms with Crippen molar-refractivity contribution in [2.24, 2.45) is 5.92 Å². The average Bonchev–Trinajstić information content (AvgIpc) is 2.88. The third-order valence-corrected chi connectivity index (χ3v) is 6.50. The lowest BCUT2D eigenvalue weighted by Gasteiger charge is -2.36. The maximum Gasteiger partial charge on any atom is 0.319 e. The number of nitrogens with one attached hydrogen (secondary N) is 2. The molecular formula is C27H39N5O4. The molecule has 0 saturated carbocycles. The van der Waals surface area contributed by atoms with Crippen LogP contribution in [0.4, 0.5) is 10.5 Å². The van der Waals surface area contributed by atoms with Gasteiger partial charge in [0.05, 0.1) is 11.7 Å². The van der Waals surface area contributed by atoms with Gasteiger partial charge in [0.1, 0.15) is 12.4 Å². The second-order valence-electron chi connectivity index (χ2n) is 9.47. The Labute approximate surface area is 214 Å². The third kappa shape index (κ3) is 7.41. The maximum absolute atomic E-state index is 13.5. The standard InChI is InChI=1S/C27H39N5O4/c1-6-11-29-27(34)30-22-7-8-24-23(14-22)26(33)31(4)17-25(35-5)19(2)15-32(20(3)18-36-24)16-21-9-12-28-13-10-21/h7-10,12-14,19-20,25H,6,11,15-18H2,1-5H3,(H2,29,30,34)/t19-,20+,25+/m1/s1. The van der Waals surface area contributed by atoms with E-state index in [-0.39, 0.29) is 30.0 Å². The Morgan fingerprint density at radius 3 is 2.64 bits per heavy atom. The molecule has 2 N–H and O–H groups in total. The number of carbonyl (C=O) groups is 2. The van der Waals surface area contributed by atoms with Crippen LogP contribution in [0.15, 0.2) is 42.7 Å². The number of pyridine rings is 1. The van der Waals surface area contributed by atoms with Crippen LogP contribution in [0.2, 0.25) is 0 Å². The lowest BCUT2D eigenvalue weighted by atomic mass is 10.0. The van der Waals surface area contributed by atoms with E-state index in [0.717, 1.165) is 19.5 Å². The number of benzene rings is 1. The van der Waals surface area contributed by atoms with E-state index in [1.165, 1.54) is 5.56 Å². The number of methoxy groups -OCH3 is 1. The summed E-state index contributed by atoms with van der Waals surface area (Å²) >= 11 is 0. The van der Waals surface area contributed by atoms with Crippen LogP contribution in [0.25, 0.3) is 0 Å². The fourth-order valence-electron chi connectivity index (χ4n) is 4.29. The van der Waals surface area contributed by atoms with Crippen LogP contribution in [-0.4, -0.2) is 79.3 Å². The van der Waals surface area contributed by atoms with E-state index in [9.17, 15) is 9.59 Å². The predicted octanol–water partition coefficient (Wildman–Crippen LogP) is 3.62. The van der Waals surface area contributed by atoms with Gasteiger partial charge in [-0.05, 0) is 55.2 Å². The summed E-state index contributed by atoms with van der Waals surface area (Å²) in [6.45, 7) is 9.22. The van der Waals surface area contributed by atoms with Crippen molar-refractivity contribution in [3.05, 3.63) is 53.9 Å². The topological polar surface area (TPSA) is 96.0 Å². The van der Waals surface area contributed by atoms with Gasteiger partial charge >= 0.3 is 6.03 Å². The van der Waals surface area contributed by atoms with Crippen molar-refractivity contribution in [1.82, 2.24) is 20.1 Å². The molecule has 0 saturated heterocycles. The lowest BCUT2D eigenvalue weighted by Crippen LogP contribution is -2.46. The zero-order chi connectivity index (χ0) is 26.1. The normalized spacial score (nSPS) is 21.5. The Bertz CT molecular complexity index is 1000. The van der Waals surface area contributed by atoms with Crippen molar-refractivity contribution in [2.75, 3.05) is 45.7 Å². The number of urea groups is 1. The van der Waals surface area contributed by atoms with E-state index < -0.39 is 0 Å². The van der Waals surface area contributed by atoms with Crippen molar-refractivity contribution in [1.29, 1.82) is 0 Å². The van der Waals surface area contributed by atoms with Gasteiger partial charge in [0.25, 0.3) is 5.91 Å². The molecule has 0 radical (unpaired) electrons. The van der Waals surface area contributed by atoms with Gasteiger partial charge in [-0.25, -0.2) is 4.79 Å². The number of fused-ring (bicyclic) bond motifs is 1. The molecule has 1 aromatic carbocycles. The Hall–Kier alpha value is -3.17. The first-order chi connectivity index (χ1) is 17.3. The van der Waals surface area contributed by atoms with Gasteiger partial charge < -0.3 is 25.0 Å². The van der Waals surface area contributed by atoms with Crippen LogP contribution in [0.1, 0.15) is 43.1 Å². The van der Waals surface area contributed by atoms with Crippen LogP contribution in [-0.2, 0) is 11.3 Å². The first-order valence-electron chi connectivity index (χ1n) is 12.5. The number of anilines is 1. The van der Waals surface area contributed by atoms with Gasteiger partial charge in [0.15, 0.2) is 0 Å². The number of amides is 3. The number of ether oxygens (including phenoxy) is 2. The van der Waals surface area contributed by atoms with Crippen molar-refractivity contribution in [2.45, 2.75) is 45.9 Å². The molecule has 0 unspecified atom stereocenters. The Balaban J connectivity index is 1.89. The van der Waals surface area contributed by atoms with Crippen LogP contribution < -0.4 is 15.4 Å². The third-order valence-electron chi connectivity index (χ3n) is 6.50. The number of likely N-dealkylation sites (N-methyl/N-ethyl adjacent to an activating group) is 1. The van der Waals surface area contributed by atoms with Gasteiger partial charge in [-0.1, -0.05) is 13.8 Å². The molecule has 3 amide bonds. The van der Waals surface area contributed by atoms with E-state index >= 15 is 0 Å². The Kier molecular flexibility index (Phi) is 10.1. The van der Waals surface area contributed by atoms with E-state index in [1.807, 2.05) is 19.1 Å². The first kappa shape index (κ1) is 27.4. The minimum absolute atomic E-state index is 0.0795. The highest BCUT2D eigenvalue weighted by Crippen LogP contribution is 2.26. The second kappa shape index (κ2) is 13.2. The largest absolute Gasteiger partial charge is 0.491 e. The number of carbonyl (C=O) groups excluding carboxylic acids is 2. The highest BCUT2D eigenvalue weighted by molar-refractivity contribution is 5.99. The van der Waals surface area contributed by atoms with Crippen molar-refractivity contribution in [3.63, 3.8) is 0 Å². The first-order valence-corrected chi connectivity index (χ1v) is 12.5. The minimum Gasteiger partial charge on any atom is -0.491 e. The fraction of sp³-hybridized carbons (Fsp3) is 0.519. The van der Waals surface area contributed by atoms with Crippen LogP contribution in [0.3, 0.4) is 0 Å². The molecule has 1 aliphatic rings. The summed E-state index contributed by atoms with van der Waals surface area (Å²) in [7, 11) is 3.46. The molecule has 1 aromatic heterocycles. The Morgan fingerprint density at radius 1 is 1.19 bits per heavy atom. The summed E-state index contributed by atoms with van der Waals surface area (Å²) in [4.78, 5) is 33.8. The van der Waals surface area contributed by atoms with Crippen molar-refractivity contribution in [3.8, 4) is 5.75 Å². The number of aromatic nitrogens is 1. The summed E-state index contributed by atoms with van der Waals surface area (Å²) in [6.07, 6.45) is 4.30. The smallest absolute Gasteiger partial charge is 0.319 e. The van der Waals surface area contributed by atoms with Gasteiger partial charge in [-0.15, -0.1) is 0 Å². The summed E-state index contributed by atoms with van der Waals surface area (Å²) in [6, 6.07) is 9.00. The van der Waals surface area contributed by atoms with Gasteiger partial charge in [0, 0.05) is 64.5 Å². The van der Waals surface area contributed by atoms with Gasteiger partial charge in [0.2, 0.25) is 0 Å². The van der Waals surface area contributed by atoms with Crippen LogP contribution in [0, 0.1) is 5.92 Å². The lowest BCUT2D eigenvalue weighted by molar-refractivity contribution is 0.00921. The van der Waals surface area contributed by atoms with Crippen molar-refractivity contribution >= 4 is 17.6 Å². The Morgan fingerprint density at radius 2 is 1.94 bits per heavy atom. The van der Waals surface area contributed by atoms with Gasteiger partial charge in [-0.2, -0.15) is 0 Å². The van der Waals surface area contributed by atoms with E-state index in [0.29, 0.717) is 36.7 Å². The molecule has 36 heavy (non-hydrogen) atoms. The number of nitrogens with zero attached hydrogens (tertiary/aromatic N) is 3. The van der Waals surface area contributed by atoms with E-state index in [4.69, 9.17) is 9.47 Å². The van der Waals surface area contributed by atoms with Gasteiger partial charge in [-0.3, -0.25) is 14.7 Å². The summed E-state index contributed by atoms with van der Waals surface area (Å²) in [5.74, 6) is 0.479. The van der Waals surface area contributed by atoms with Crippen LogP contribution in [0.5, 0.6) is 5.75 Å². The SMILES string of the molecule is CCCNC(=O)Nc1ccc2c(c1)C(=O)N(C)C[C@H](OC)[C@H](C)CN(Cc1ccncc1)[C@@H](C)CO2. The highest BCUT2D eigenvalue weighted by Gasteiger charge is 2.28. The molecular weight excluding hydrogens is 458 g/mol. The average molecular weight is 498 g/mol. The maximum atomic E-state index is 13.5. The van der Waals surface area contributed by atoms with E-state index in [2.05, 4.69) is 34.4 Å². The molecule has 0 spiro atoms. The molecule has 3 rings (SSSR count). The van der Waals surface area contributed by atoms with E-state index in [1.54, 1.807) is 49.7 Å². The molecule has 0 fully saturated rings. The molecule has 196 valence electrons. The second-order valence-corrected chi connectivity index (χ2v) is 9.47. The minimum atomic E-state index is -0.305. The molecule has 1 aliphatic heterocycles. The fourth-order valence-corrected chi connectivity index (χ4v) is 4.29. The zero-order valence-corrected chi connectivity index (χ0v) is 22.0. The zero-order valence-electron chi connectivity index (χ0n) is 22.0. The molecule has 9 nitrogen and oxygen atoms in total. The quantitative estimate of drug-likeness (QED) is 0.633. The number of rotatable bonds is 6. The number of hydrogen-bond acceptors (Lipinski definition) is 6. The van der Waals surface area contributed by atoms with Crippen molar-refractivity contribution < 1.29 is 19.1 Å².